The first-order chi connectivity index (χ1) is 9.47. The zero-order valence-corrected chi connectivity index (χ0v) is 13.1. The molecule has 104 valence electrons. The van der Waals surface area contributed by atoms with E-state index in [9.17, 15) is 9.18 Å². The number of rotatable bonds is 3. The van der Waals surface area contributed by atoms with E-state index in [1.54, 1.807) is 11.9 Å². The van der Waals surface area contributed by atoms with Gasteiger partial charge in [-0.05, 0) is 35.9 Å². The van der Waals surface area contributed by atoms with Crippen LogP contribution < -0.4 is 0 Å². The molecule has 0 spiro atoms. The van der Waals surface area contributed by atoms with Crippen molar-refractivity contribution in [2.24, 2.45) is 0 Å². The molecule has 0 bridgehead atoms. The SMILES string of the molecule is CN(Cc1cccc(Br)c1)C(=O)c1ccc(F)c(Cl)c1. The van der Waals surface area contributed by atoms with Crippen LogP contribution in [0.25, 0.3) is 0 Å². The molecule has 0 saturated carbocycles. The minimum atomic E-state index is -0.530. The van der Waals surface area contributed by atoms with Gasteiger partial charge in [-0.2, -0.15) is 0 Å². The quantitative estimate of drug-likeness (QED) is 0.792. The summed E-state index contributed by atoms with van der Waals surface area (Å²) in [5.74, 6) is -0.732. The van der Waals surface area contributed by atoms with E-state index < -0.39 is 5.82 Å². The largest absolute Gasteiger partial charge is 0.337 e. The number of halogens is 3. The molecule has 0 N–H and O–H groups in total. The van der Waals surface area contributed by atoms with Crippen LogP contribution in [0.4, 0.5) is 4.39 Å². The van der Waals surface area contributed by atoms with E-state index in [1.165, 1.54) is 18.2 Å². The fourth-order valence-electron chi connectivity index (χ4n) is 1.83. The van der Waals surface area contributed by atoms with Crippen LogP contribution in [-0.4, -0.2) is 17.9 Å². The first kappa shape index (κ1) is 15.0. The Hall–Kier alpha value is -1.39. The van der Waals surface area contributed by atoms with Gasteiger partial charge >= 0.3 is 0 Å². The van der Waals surface area contributed by atoms with Crippen molar-refractivity contribution in [3.63, 3.8) is 0 Å². The molecule has 2 rings (SSSR count). The molecule has 0 radical (unpaired) electrons. The van der Waals surface area contributed by atoms with Gasteiger partial charge in [0, 0.05) is 23.6 Å². The third kappa shape index (κ3) is 3.58. The molecule has 1 amide bonds. The summed E-state index contributed by atoms with van der Waals surface area (Å²) in [6.45, 7) is 0.466. The van der Waals surface area contributed by atoms with Crippen LogP contribution in [0.1, 0.15) is 15.9 Å². The average Bonchev–Trinajstić information content (AvgIpc) is 2.41. The number of nitrogens with zero attached hydrogens (tertiary/aromatic N) is 1. The van der Waals surface area contributed by atoms with Gasteiger partial charge in [-0.3, -0.25) is 4.79 Å². The normalized spacial score (nSPS) is 10.4. The smallest absolute Gasteiger partial charge is 0.253 e. The zero-order chi connectivity index (χ0) is 14.7. The highest BCUT2D eigenvalue weighted by Crippen LogP contribution is 2.18. The van der Waals surface area contributed by atoms with Gasteiger partial charge in [-0.1, -0.05) is 39.7 Å². The van der Waals surface area contributed by atoms with E-state index >= 15 is 0 Å². The molecule has 2 nitrogen and oxygen atoms in total. The summed E-state index contributed by atoms with van der Waals surface area (Å²) < 4.78 is 14.1. The van der Waals surface area contributed by atoms with Crippen molar-refractivity contribution >= 4 is 33.4 Å². The van der Waals surface area contributed by atoms with E-state index in [0.29, 0.717) is 12.1 Å². The van der Waals surface area contributed by atoms with Crippen LogP contribution in [0.15, 0.2) is 46.9 Å². The summed E-state index contributed by atoms with van der Waals surface area (Å²) in [4.78, 5) is 13.8. The fraction of sp³-hybridized carbons (Fsp3) is 0.133. The monoisotopic (exact) mass is 355 g/mol. The molecule has 0 aliphatic carbocycles. The maximum atomic E-state index is 13.1. The molecular formula is C15H12BrClFNO. The van der Waals surface area contributed by atoms with Crippen molar-refractivity contribution in [2.75, 3.05) is 7.05 Å². The lowest BCUT2D eigenvalue weighted by molar-refractivity contribution is 0.0785. The van der Waals surface area contributed by atoms with Crippen molar-refractivity contribution in [3.05, 3.63) is 68.9 Å². The third-order valence-corrected chi connectivity index (χ3v) is 3.60. The zero-order valence-electron chi connectivity index (χ0n) is 10.7. The van der Waals surface area contributed by atoms with Crippen molar-refractivity contribution in [1.82, 2.24) is 4.90 Å². The predicted octanol–water partition coefficient (Wildman–Crippen LogP) is 4.51. The fourth-order valence-corrected chi connectivity index (χ4v) is 2.46. The van der Waals surface area contributed by atoms with Crippen molar-refractivity contribution < 1.29 is 9.18 Å². The van der Waals surface area contributed by atoms with Crippen LogP contribution in [0.5, 0.6) is 0 Å². The highest BCUT2D eigenvalue weighted by atomic mass is 79.9. The highest BCUT2D eigenvalue weighted by molar-refractivity contribution is 9.10. The van der Waals surface area contributed by atoms with Crippen LogP contribution >= 0.6 is 27.5 Å². The van der Waals surface area contributed by atoms with E-state index in [4.69, 9.17) is 11.6 Å². The lowest BCUT2D eigenvalue weighted by Gasteiger charge is -2.17. The molecular weight excluding hydrogens is 345 g/mol. The minimum absolute atomic E-state index is 0.0493. The average molecular weight is 357 g/mol. The Kier molecular flexibility index (Phi) is 4.78. The number of carbonyl (C=O) groups is 1. The number of hydrogen-bond acceptors (Lipinski definition) is 1. The van der Waals surface area contributed by atoms with Gasteiger partial charge in [0.25, 0.3) is 5.91 Å². The maximum Gasteiger partial charge on any atom is 0.253 e. The van der Waals surface area contributed by atoms with Gasteiger partial charge in [0.15, 0.2) is 0 Å². The van der Waals surface area contributed by atoms with Gasteiger partial charge in [-0.25, -0.2) is 4.39 Å². The molecule has 0 atom stereocenters. The minimum Gasteiger partial charge on any atom is -0.337 e. The second kappa shape index (κ2) is 6.37. The summed E-state index contributed by atoms with van der Waals surface area (Å²) in [6, 6.07) is 11.7. The van der Waals surface area contributed by atoms with Gasteiger partial charge in [0.1, 0.15) is 5.82 Å². The molecule has 0 aromatic heterocycles. The number of hydrogen-bond donors (Lipinski definition) is 0. The van der Waals surface area contributed by atoms with Gasteiger partial charge in [-0.15, -0.1) is 0 Å². The molecule has 0 aliphatic rings. The second-order valence-corrected chi connectivity index (χ2v) is 5.74. The summed E-state index contributed by atoms with van der Waals surface area (Å²) in [7, 11) is 1.69. The molecule has 0 aliphatic heterocycles. The van der Waals surface area contributed by atoms with Crippen molar-refractivity contribution in [1.29, 1.82) is 0 Å². The second-order valence-electron chi connectivity index (χ2n) is 4.42. The maximum absolute atomic E-state index is 13.1. The predicted molar refractivity (Wildman–Crippen MR) is 81.3 cm³/mol. The van der Waals surface area contributed by atoms with Crippen LogP contribution in [0, 0.1) is 5.82 Å². The van der Waals surface area contributed by atoms with Crippen LogP contribution in [-0.2, 0) is 6.54 Å². The summed E-state index contributed by atoms with van der Waals surface area (Å²) in [6.07, 6.45) is 0. The summed E-state index contributed by atoms with van der Waals surface area (Å²) >= 11 is 9.08. The standard InChI is InChI=1S/C15H12BrClFNO/c1-19(9-10-3-2-4-12(16)7-10)15(20)11-5-6-14(18)13(17)8-11/h2-8H,9H2,1H3. The Bertz CT molecular complexity index is 648. The Morgan fingerprint density at radius 2 is 2.05 bits per heavy atom. The van der Waals surface area contributed by atoms with Crippen molar-refractivity contribution in [3.8, 4) is 0 Å². The third-order valence-electron chi connectivity index (χ3n) is 2.82. The van der Waals surface area contributed by atoms with E-state index in [-0.39, 0.29) is 10.9 Å². The molecule has 2 aromatic carbocycles. The number of benzene rings is 2. The Balaban J connectivity index is 2.14. The first-order valence-corrected chi connectivity index (χ1v) is 7.09. The Morgan fingerprint density at radius 1 is 1.30 bits per heavy atom. The van der Waals surface area contributed by atoms with E-state index in [1.807, 2.05) is 24.3 Å². The molecule has 0 heterocycles. The van der Waals surface area contributed by atoms with E-state index in [2.05, 4.69) is 15.9 Å². The van der Waals surface area contributed by atoms with Gasteiger partial charge < -0.3 is 4.90 Å². The summed E-state index contributed by atoms with van der Waals surface area (Å²) in [5.41, 5.74) is 1.37. The molecule has 20 heavy (non-hydrogen) atoms. The molecule has 0 fully saturated rings. The van der Waals surface area contributed by atoms with E-state index in [0.717, 1.165) is 10.0 Å². The van der Waals surface area contributed by atoms with Crippen LogP contribution in [0.2, 0.25) is 5.02 Å². The highest BCUT2D eigenvalue weighted by Gasteiger charge is 2.13. The topological polar surface area (TPSA) is 20.3 Å². The number of amides is 1. The Morgan fingerprint density at radius 3 is 2.70 bits per heavy atom. The number of carbonyl (C=O) groups excluding carboxylic acids is 1. The van der Waals surface area contributed by atoms with Gasteiger partial charge in [0.05, 0.1) is 5.02 Å². The summed E-state index contributed by atoms with van der Waals surface area (Å²) in [5, 5.41) is -0.0493. The van der Waals surface area contributed by atoms with Crippen LogP contribution in [0.3, 0.4) is 0 Å². The molecule has 0 unspecified atom stereocenters. The molecule has 0 saturated heterocycles. The molecule has 5 heteroatoms. The van der Waals surface area contributed by atoms with Crippen molar-refractivity contribution in [2.45, 2.75) is 6.54 Å². The van der Waals surface area contributed by atoms with Gasteiger partial charge in [0.2, 0.25) is 0 Å². The first-order valence-electron chi connectivity index (χ1n) is 5.92. The molecule has 2 aromatic rings. The lowest BCUT2D eigenvalue weighted by Crippen LogP contribution is -2.26. The lowest BCUT2D eigenvalue weighted by atomic mass is 10.1. The Labute approximate surface area is 130 Å².